The standard InChI is InChI=1S/C25H27NO3/c1-18-9-10-19(2)24(17-18)29-20(3)25(27)26-22-11-13-23(14-12-22)28-16-15-21-7-5-4-6-8-21/h4-14,17,20H,15-16H2,1-3H3,(H,26,27). The third kappa shape index (κ3) is 6.11. The molecule has 0 aliphatic rings. The molecule has 4 nitrogen and oxygen atoms in total. The Kier molecular flexibility index (Phi) is 6.90. The van der Waals surface area contributed by atoms with Crippen molar-refractivity contribution in [2.75, 3.05) is 11.9 Å². The Bertz CT molecular complexity index is 936. The van der Waals surface area contributed by atoms with Crippen LogP contribution in [0.5, 0.6) is 11.5 Å². The van der Waals surface area contributed by atoms with Crippen molar-refractivity contribution in [1.29, 1.82) is 0 Å². The summed E-state index contributed by atoms with van der Waals surface area (Å²) in [6, 6.07) is 23.6. The molecular weight excluding hydrogens is 362 g/mol. The molecule has 1 N–H and O–H groups in total. The molecule has 3 rings (SSSR count). The number of ether oxygens (including phenoxy) is 2. The first-order valence-electron chi connectivity index (χ1n) is 9.83. The smallest absolute Gasteiger partial charge is 0.265 e. The lowest BCUT2D eigenvalue weighted by molar-refractivity contribution is -0.122. The van der Waals surface area contributed by atoms with E-state index in [9.17, 15) is 4.79 Å². The van der Waals surface area contributed by atoms with Gasteiger partial charge in [0.15, 0.2) is 6.10 Å². The van der Waals surface area contributed by atoms with E-state index >= 15 is 0 Å². The third-order valence-electron chi connectivity index (χ3n) is 4.64. The van der Waals surface area contributed by atoms with Crippen molar-refractivity contribution in [1.82, 2.24) is 0 Å². The first-order chi connectivity index (χ1) is 14.0. The van der Waals surface area contributed by atoms with Gasteiger partial charge in [0.25, 0.3) is 5.91 Å². The lowest BCUT2D eigenvalue weighted by atomic mass is 10.1. The summed E-state index contributed by atoms with van der Waals surface area (Å²) in [4.78, 5) is 12.5. The number of amides is 1. The van der Waals surface area contributed by atoms with Gasteiger partial charge >= 0.3 is 0 Å². The molecule has 0 saturated carbocycles. The molecular formula is C25H27NO3. The fourth-order valence-electron chi connectivity index (χ4n) is 2.89. The summed E-state index contributed by atoms with van der Waals surface area (Å²) in [6.07, 6.45) is 0.254. The van der Waals surface area contributed by atoms with Crippen LogP contribution in [0.2, 0.25) is 0 Å². The average molecular weight is 389 g/mol. The van der Waals surface area contributed by atoms with Crippen LogP contribution in [0.3, 0.4) is 0 Å². The van der Waals surface area contributed by atoms with Gasteiger partial charge in [-0.25, -0.2) is 0 Å². The maximum atomic E-state index is 12.5. The van der Waals surface area contributed by atoms with Crippen LogP contribution < -0.4 is 14.8 Å². The van der Waals surface area contributed by atoms with Crippen molar-refractivity contribution in [2.45, 2.75) is 33.3 Å². The van der Waals surface area contributed by atoms with E-state index in [1.165, 1.54) is 5.56 Å². The largest absolute Gasteiger partial charge is 0.493 e. The molecule has 0 aliphatic carbocycles. The summed E-state index contributed by atoms with van der Waals surface area (Å²) in [5, 5.41) is 2.89. The number of hydrogen-bond acceptors (Lipinski definition) is 3. The molecule has 1 unspecified atom stereocenters. The molecule has 0 heterocycles. The van der Waals surface area contributed by atoms with Gasteiger partial charge in [0.05, 0.1) is 6.61 Å². The second-order valence-electron chi connectivity index (χ2n) is 7.13. The first-order valence-corrected chi connectivity index (χ1v) is 9.83. The van der Waals surface area contributed by atoms with Crippen LogP contribution >= 0.6 is 0 Å². The molecule has 29 heavy (non-hydrogen) atoms. The minimum atomic E-state index is -0.600. The van der Waals surface area contributed by atoms with Crippen LogP contribution in [0.4, 0.5) is 5.69 Å². The highest BCUT2D eigenvalue weighted by molar-refractivity contribution is 5.94. The van der Waals surface area contributed by atoms with Gasteiger partial charge in [-0.2, -0.15) is 0 Å². The Labute approximate surface area is 172 Å². The average Bonchev–Trinajstić information content (AvgIpc) is 2.73. The van der Waals surface area contributed by atoms with Gasteiger partial charge in [-0.3, -0.25) is 4.79 Å². The van der Waals surface area contributed by atoms with Crippen molar-refractivity contribution in [2.24, 2.45) is 0 Å². The maximum absolute atomic E-state index is 12.5. The number of carbonyl (C=O) groups excluding carboxylic acids is 1. The summed E-state index contributed by atoms with van der Waals surface area (Å²) in [5.74, 6) is 1.32. The summed E-state index contributed by atoms with van der Waals surface area (Å²) in [5.41, 5.74) is 4.06. The summed E-state index contributed by atoms with van der Waals surface area (Å²) < 4.78 is 11.6. The second-order valence-corrected chi connectivity index (χ2v) is 7.13. The van der Waals surface area contributed by atoms with E-state index in [-0.39, 0.29) is 5.91 Å². The van der Waals surface area contributed by atoms with Gasteiger partial charge in [-0.05, 0) is 67.8 Å². The van der Waals surface area contributed by atoms with E-state index in [1.807, 2.05) is 74.5 Å². The molecule has 4 heteroatoms. The zero-order chi connectivity index (χ0) is 20.6. The Morgan fingerprint density at radius 3 is 2.41 bits per heavy atom. The van der Waals surface area contributed by atoms with Crippen LogP contribution in [0, 0.1) is 13.8 Å². The minimum Gasteiger partial charge on any atom is -0.493 e. The van der Waals surface area contributed by atoms with E-state index < -0.39 is 6.10 Å². The molecule has 0 aliphatic heterocycles. The molecule has 3 aromatic rings. The van der Waals surface area contributed by atoms with Crippen molar-refractivity contribution < 1.29 is 14.3 Å². The van der Waals surface area contributed by atoms with Gasteiger partial charge in [-0.1, -0.05) is 42.5 Å². The van der Waals surface area contributed by atoms with Gasteiger partial charge in [0, 0.05) is 12.1 Å². The van der Waals surface area contributed by atoms with E-state index in [4.69, 9.17) is 9.47 Å². The van der Waals surface area contributed by atoms with Crippen LogP contribution in [-0.2, 0) is 11.2 Å². The number of anilines is 1. The second kappa shape index (κ2) is 9.78. The van der Waals surface area contributed by atoms with E-state index in [0.717, 1.165) is 29.0 Å². The van der Waals surface area contributed by atoms with Crippen molar-refractivity contribution in [3.8, 4) is 11.5 Å². The normalized spacial score (nSPS) is 11.6. The summed E-state index contributed by atoms with van der Waals surface area (Å²) >= 11 is 0. The predicted molar refractivity (Wildman–Crippen MR) is 117 cm³/mol. The minimum absolute atomic E-state index is 0.191. The molecule has 150 valence electrons. The number of benzene rings is 3. The summed E-state index contributed by atoms with van der Waals surface area (Å²) in [6.45, 7) is 6.32. The topological polar surface area (TPSA) is 47.6 Å². The number of carbonyl (C=O) groups is 1. The van der Waals surface area contributed by atoms with Crippen LogP contribution in [0.15, 0.2) is 72.8 Å². The fraction of sp³-hybridized carbons (Fsp3) is 0.240. The highest BCUT2D eigenvalue weighted by atomic mass is 16.5. The van der Waals surface area contributed by atoms with Gasteiger partial charge < -0.3 is 14.8 Å². The van der Waals surface area contributed by atoms with Gasteiger partial charge in [0.1, 0.15) is 11.5 Å². The third-order valence-corrected chi connectivity index (χ3v) is 4.64. The highest BCUT2D eigenvalue weighted by Gasteiger charge is 2.16. The molecule has 0 radical (unpaired) electrons. The Hall–Kier alpha value is -3.27. The molecule has 0 spiro atoms. The van der Waals surface area contributed by atoms with Crippen LogP contribution in [0.25, 0.3) is 0 Å². The molecule has 0 bridgehead atoms. The number of aryl methyl sites for hydroxylation is 2. The number of rotatable bonds is 8. The molecule has 0 saturated heterocycles. The summed E-state index contributed by atoms with van der Waals surface area (Å²) in [7, 11) is 0. The molecule has 1 atom stereocenters. The van der Waals surface area contributed by atoms with Gasteiger partial charge in [-0.15, -0.1) is 0 Å². The van der Waals surface area contributed by atoms with Crippen molar-refractivity contribution in [3.63, 3.8) is 0 Å². The van der Waals surface area contributed by atoms with Crippen molar-refractivity contribution >= 4 is 11.6 Å². The fourth-order valence-corrected chi connectivity index (χ4v) is 2.89. The zero-order valence-electron chi connectivity index (χ0n) is 17.1. The lowest BCUT2D eigenvalue weighted by Crippen LogP contribution is -2.30. The molecule has 3 aromatic carbocycles. The Balaban J connectivity index is 1.49. The van der Waals surface area contributed by atoms with Crippen molar-refractivity contribution in [3.05, 3.63) is 89.5 Å². The first kappa shape index (κ1) is 20.5. The molecule has 0 aromatic heterocycles. The highest BCUT2D eigenvalue weighted by Crippen LogP contribution is 2.21. The SMILES string of the molecule is Cc1ccc(C)c(OC(C)C(=O)Nc2ccc(OCCc3ccccc3)cc2)c1. The predicted octanol–water partition coefficient (Wildman–Crippen LogP) is 5.33. The Morgan fingerprint density at radius 2 is 1.69 bits per heavy atom. The van der Waals surface area contributed by atoms with E-state index in [1.54, 1.807) is 6.92 Å². The Morgan fingerprint density at radius 1 is 0.966 bits per heavy atom. The quantitative estimate of drug-likeness (QED) is 0.566. The zero-order valence-corrected chi connectivity index (χ0v) is 17.1. The number of hydrogen-bond donors (Lipinski definition) is 1. The van der Waals surface area contributed by atoms with E-state index in [0.29, 0.717) is 12.3 Å². The molecule has 0 fully saturated rings. The van der Waals surface area contributed by atoms with Crippen LogP contribution in [0.1, 0.15) is 23.6 Å². The monoisotopic (exact) mass is 389 g/mol. The lowest BCUT2D eigenvalue weighted by Gasteiger charge is -2.17. The molecule has 1 amide bonds. The van der Waals surface area contributed by atoms with Gasteiger partial charge in [0.2, 0.25) is 0 Å². The van der Waals surface area contributed by atoms with E-state index in [2.05, 4.69) is 17.4 Å². The maximum Gasteiger partial charge on any atom is 0.265 e. The van der Waals surface area contributed by atoms with Crippen LogP contribution in [-0.4, -0.2) is 18.6 Å². The number of nitrogens with one attached hydrogen (secondary N) is 1.